The Labute approximate surface area is 168 Å². The first-order chi connectivity index (χ1) is 14.1. The summed E-state index contributed by atoms with van der Waals surface area (Å²) in [7, 11) is 1.98. The standard InChI is InChI=1S/C22H24N4O3/c1-25-11-15(16-4-2-3-5-19(16)25)10-21(27)23-18-12-29-13-20(18)26-22(28)9-8-17(24-26)14-6-7-14/h2-5,8-9,11,14,18,20H,6-7,10,12-13H2,1H3,(H,23,27). The number of carbonyl (C=O) groups is 1. The molecular weight excluding hydrogens is 368 g/mol. The van der Waals surface area contributed by atoms with Gasteiger partial charge in [-0.1, -0.05) is 18.2 Å². The summed E-state index contributed by atoms with van der Waals surface area (Å²) < 4.78 is 9.14. The van der Waals surface area contributed by atoms with Crippen molar-refractivity contribution in [1.29, 1.82) is 0 Å². The zero-order valence-corrected chi connectivity index (χ0v) is 16.4. The normalized spacial score (nSPS) is 21.6. The first kappa shape index (κ1) is 18.1. The monoisotopic (exact) mass is 392 g/mol. The van der Waals surface area contributed by atoms with Crippen LogP contribution in [0.1, 0.15) is 36.1 Å². The lowest BCUT2D eigenvalue weighted by molar-refractivity contribution is -0.121. The number of rotatable bonds is 5. The molecule has 1 amide bonds. The Morgan fingerprint density at radius 2 is 2.03 bits per heavy atom. The minimum Gasteiger partial charge on any atom is -0.377 e. The van der Waals surface area contributed by atoms with E-state index in [1.807, 2.05) is 48.1 Å². The van der Waals surface area contributed by atoms with Crippen molar-refractivity contribution in [1.82, 2.24) is 19.7 Å². The minimum atomic E-state index is -0.280. The van der Waals surface area contributed by atoms with E-state index in [-0.39, 0.29) is 30.0 Å². The summed E-state index contributed by atoms with van der Waals surface area (Å²) >= 11 is 0. The number of fused-ring (bicyclic) bond motifs is 1. The predicted octanol–water partition coefficient (Wildman–Crippen LogP) is 1.91. The second-order valence-corrected chi connectivity index (χ2v) is 8.05. The zero-order valence-electron chi connectivity index (χ0n) is 16.4. The van der Waals surface area contributed by atoms with Gasteiger partial charge < -0.3 is 14.6 Å². The fraction of sp³-hybridized carbons (Fsp3) is 0.409. The molecule has 1 aliphatic carbocycles. The fourth-order valence-electron chi connectivity index (χ4n) is 4.19. The average Bonchev–Trinajstić information content (AvgIpc) is 3.39. The molecule has 2 aromatic heterocycles. The van der Waals surface area contributed by atoms with E-state index in [4.69, 9.17) is 4.74 Å². The Bertz CT molecular complexity index is 1130. The smallest absolute Gasteiger partial charge is 0.267 e. The number of hydrogen-bond donors (Lipinski definition) is 1. The molecule has 2 aliphatic rings. The number of aromatic nitrogens is 3. The number of hydrogen-bond acceptors (Lipinski definition) is 4. The summed E-state index contributed by atoms with van der Waals surface area (Å²) in [6.45, 7) is 0.758. The van der Waals surface area contributed by atoms with E-state index in [1.54, 1.807) is 6.07 Å². The summed E-state index contributed by atoms with van der Waals surface area (Å²) in [5, 5.41) is 8.72. The molecule has 7 heteroatoms. The summed E-state index contributed by atoms with van der Waals surface area (Å²) in [4.78, 5) is 25.2. The number of benzene rings is 1. The number of carbonyl (C=O) groups excluding carboxylic acids is 1. The lowest BCUT2D eigenvalue weighted by Crippen LogP contribution is -2.44. The van der Waals surface area contributed by atoms with Gasteiger partial charge in [0.1, 0.15) is 6.04 Å². The van der Waals surface area contributed by atoms with Crippen molar-refractivity contribution in [2.24, 2.45) is 7.05 Å². The molecule has 1 saturated carbocycles. The number of para-hydroxylation sites is 1. The molecule has 29 heavy (non-hydrogen) atoms. The van der Waals surface area contributed by atoms with Gasteiger partial charge in [-0.15, -0.1) is 0 Å². The van der Waals surface area contributed by atoms with E-state index in [0.717, 1.165) is 35.0 Å². The third-order valence-corrected chi connectivity index (χ3v) is 5.88. The molecule has 0 spiro atoms. The van der Waals surface area contributed by atoms with Crippen LogP contribution in [0.3, 0.4) is 0 Å². The predicted molar refractivity (Wildman–Crippen MR) is 109 cm³/mol. The van der Waals surface area contributed by atoms with Crippen LogP contribution in [0.2, 0.25) is 0 Å². The van der Waals surface area contributed by atoms with Crippen LogP contribution in [0.15, 0.2) is 47.4 Å². The second kappa shape index (κ2) is 7.15. The number of aryl methyl sites for hydroxylation is 1. The van der Waals surface area contributed by atoms with Gasteiger partial charge in [0.15, 0.2) is 0 Å². The summed E-state index contributed by atoms with van der Waals surface area (Å²) in [5.74, 6) is 0.386. The van der Waals surface area contributed by atoms with Gasteiger partial charge in [-0.3, -0.25) is 9.59 Å². The number of nitrogens with zero attached hydrogens (tertiary/aromatic N) is 3. The summed E-state index contributed by atoms with van der Waals surface area (Å²) in [6.07, 6.45) is 4.53. The lowest BCUT2D eigenvalue weighted by Gasteiger charge is -2.20. The largest absolute Gasteiger partial charge is 0.377 e. The third-order valence-electron chi connectivity index (χ3n) is 5.88. The zero-order chi connectivity index (χ0) is 20.0. The van der Waals surface area contributed by atoms with Crippen molar-refractivity contribution in [3.05, 3.63) is 64.2 Å². The van der Waals surface area contributed by atoms with Crippen LogP contribution in [0, 0.1) is 0 Å². The molecule has 5 rings (SSSR count). The van der Waals surface area contributed by atoms with Gasteiger partial charge in [-0.25, -0.2) is 4.68 Å². The molecule has 0 radical (unpaired) electrons. The van der Waals surface area contributed by atoms with Crippen LogP contribution < -0.4 is 10.9 Å². The van der Waals surface area contributed by atoms with Crippen molar-refractivity contribution in [3.8, 4) is 0 Å². The van der Waals surface area contributed by atoms with Gasteiger partial charge in [-0.2, -0.15) is 5.10 Å². The van der Waals surface area contributed by atoms with Gasteiger partial charge in [0, 0.05) is 36.1 Å². The Balaban J connectivity index is 1.34. The molecule has 7 nitrogen and oxygen atoms in total. The van der Waals surface area contributed by atoms with E-state index in [9.17, 15) is 9.59 Å². The molecule has 1 saturated heterocycles. The molecule has 3 aromatic rings. The molecule has 150 valence electrons. The molecule has 2 atom stereocenters. The van der Waals surface area contributed by atoms with Gasteiger partial charge in [0.25, 0.3) is 5.56 Å². The van der Waals surface area contributed by atoms with Gasteiger partial charge in [0.05, 0.1) is 31.4 Å². The first-order valence-corrected chi connectivity index (χ1v) is 10.1. The van der Waals surface area contributed by atoms with Gasteiger partial charge in [-0.05, 0) is 30.5 Å². The molecule has 3 heterocycles. The SMILES string of the molecule is Cn1cc(CC(=O)NC2COCC2n2nc(C3CC3)ccc2=O)c2ccccc21. The molecule has 2 fully saturated rings. The maximum Gasteiger partial charge on any atom is 0.267 e. The highest BCUT2D eigenvalue weighted by Gasteiger charge is 2.34. The number of nitrogens with one attached hydrogen (secondary N) is 1. The van der Waals surface area contributed by atoms with Gasteiger partial charge >= 0.3 is 0 Å². The topological polar surface area (TPSA) is 78.2 Å². The van der Waals surface area contributed by atoms with Crippen molar-refractivity contribution in [3.63, 3.8) is 0 Å². The van der Waals surface area contributed by atoms with Crippen molar-refractivity contribution < 1.29 is 9.53 Å². The quantitative estimate of drug-likeness (QED) is 0.720. The summed E-state index contributed by atoms with van der Waals surface area (Å²) in [5.41, 5.74) is 2.89. The second-order valence-electron chi connectivity index (χ2n) is 8.05. The van der Waals surface area contributed by atoms with Crippen LogP contribution in [0.25, 0.3) is 10.9 Å². The highest BCUT2D eigenvalue weighted by atomic mass is 16.5. The lowest BCUT2D eigenvalue weighted by atomic mass is 10.1. The molecule has 1 N–H and O–H groups in total. The maximum atomic E-state index is 12.8. The fourth-order valence-corrected chi connectivity index (χ4v) is 4.19. The average molecular weight is 392 g/mol. The molecule has 1 aromatic carbocycles. The molecule has 0 bridgehead atoms. The Morgan fingerprint density at radius 1 is 1.21 bits per heavy atom. The van der Waals surface area contributed by atoms with Crippen molar-refractivity contribution >= 4 is 16.8 Å². The molecular formula is C22H24N4O3. The van der Waals surface area contributed by atoms with Crippen LogP contribution in [-0.2, 0) is 23.0 Å². The Kier molecular flexibility index (Phi) is 4.47. The molecule has 2 unspecified atom stereocenters. The van der Waals surface area contributed by atoms with Crippen LogP contribution in [0.5, 0.6) is 0 Å². The van der Waals surface area contributed by atoms with Crippen molar-refractivity contribution in [2.75, 3.05) is 13.2 Å². The number of ether oxygens (including phenoxy) is 1. The first-order valence-electron chi connectivity index (χ1n) is 10.1. The maximum absolute atomic E-state index is 12.8. The number of amides is 1. The Morgan fingerprint density at radius 3 is 2.86 bits per heavy atom. The van der Waals surface area contributed by atoms with E-state index in [0.29, 0.717) is 19.1 Å². The highest BCUT2D eigenvalue weighted by Crippen LogP contribution is 2.38. The van der Waals surface area contributed by atoms with Gasteiger partial charge in [0.2, 0.25) is 5.91 Å². The Hall–Kier alpha value is -2.93. The minimum absolute atomic E-state index is 0.0757. The van der Waals surface area contributed by atoms with Crippen LogP contribution >= 0.6 is 0 Å². The van der Waals surface area contributed by atoms with E-state index in [1.165, 1.54) is 4.68 Å². The third kappa shape index (κ3) is 3.46. The molecule has 1 aliphatic heterocycles. The van der Waals surface area contributed by atoms with Crippen LogP contribution in [-0.4, -0.2) is 39.5 Å². The van der Waals surface area contributed by atoms with Crippen molar-refractivity contribution in [2.45, 2.75) is 37.3 Å². The highest BCUT2D eigenvalue weighted by molar-refractivity contribution is 5.89. The van der Waals surface area contributed by atoms with E-state index >= 15 is 0 Å². The summed E-state index contributed by atoms with van der Waals surface area (Å²) in [6, 6.07) is 10.9. The van der Waals surface area contributed by atoms with E-state index in [2.05, 4.69) is 10.4 Å². The van der Waals surface area contributed by atoms with E-state index < -0.39 is 0 Å². The van der Waals surface area contributed by atoms with Crippen LogP contribution in [0.4, 0.5) is 0 Å².